The van der Waals surface area contributed by atoms with E-state index in [9.17, 15) is 9.59 Å². The molecule has 3 aromatic rings. The third-order valence-electron chi connectivity index (χ3n) is 6.13. The van der Waals surface area contributed by atoms with Crippen LogP contribution in [0.1, 0.15) is 25.3 Å². The summed E-state index contributed by atoms with van der Waals surface area (Å²) < 4.78 is 0. The number of para-hydroxylation sites is 1. The number of rotatable bonds is 6. The number of likely N-dealkylation sites (tertiary alicyclic amines) is 1. The normalized spacial score (nSPS) is 18.8. The fraction of sp³-hybridized carbons (Fsp3) is 0.333. The lowest BCUT2D eigenvalue weighted by Crippen LogP contribution is -2.52. The van der Waals surface area contributed by atoms with Crippen LogP contribution in [0.3, 0.4) is 0 Å². The summed E-state index contributed by atoms with van der Waals surface area (Å²) in [6.07, 6.45) is 3.63. The number of nitrogens with one attached hydrogen (secondary N) is 2. The molecule has 1 aromatic heterocycles. The smallest absolute Gasteiger partial charge is 0.250 e. The molecule has 2 N–H and O–H groups in total. The van der Waals surface area contributed by atoms with E-state index in [0.29, 0.717) is 25.8 Å². The molecule has 1 aliphatic heterocycles. The highest BCUT2D eigenvalue weighted by molar-refractivity contribution is 6.02. The summed E-state index contributed by atoms with van der Waals surface area (Å²) >= 11 is 0. The summed E-state index contributed by atoms with van der Waals surface area (Å²) in [5.74, 6) is -0.0969. The Bertz CT molecular complexity index is 1070. The van der Waals surface area contributed by atoms with Crippen LogP contribution in [0.5, 0.6) is 0 Å². The molecule has 2 amide bonds. The average molecular weight is 405 g/mol. The molecule has 30 heavy (non-hydrogen) atoms. The number of anilines is 2. The predicted molar refractivity (Wildman–Crippen MR) is 121 cm³/mol. The number of amides is 2. The summed E-state index contributed by atoms with van der Waals surface area (Å²) in [5.41, 5.74) is 3.20. The second kappa shape index (κ2) is 7.86. The van der Waals surface area contributed by atoms with E-state index in [1.807, 2.05) is 74.6 Å². The average Bonchev–Trinajstić information content (AvgIpc) is 3.28. The lowest BCUT2D eigenvalue weighted by Gasteiger charge is -2.34. The zero-order chi connectivity index (χ0) is 21.3. The second-order valence-electron chi connectivity index (χ2n) is 8.32. The van der Waals surface area contributed by atoms with Gasteiger partial charge in [0, 0.05) is 55.5 Å². The molecule has 0 spiro atoms. The van der Waals surface area contributed by atoms with Gasteiger partial charge in [-0.2, -0.15) is 0 Å². The summed E-state index contributed by atoms with van der Waals surface area (Å²) in [6.45, 7) is 2.39. The fourth-order valence-electron chi connectivity index (χ4n) is 4.18. The number of aromatic amines is 1. The van der Waals surface area contributed by atoms with Crippen LogP contribution < -0.4 is 10.2 Å². The first kappa shape index (κ1) is 20.0. The molecule has 0 aliphatic carbocycles. The van der Waals surface area contributed by atoms with E-state index in [1.165, 1.54) is 0 Å². The number of nitrogens with zero attached hydrogens (tertiary/aromatic N) is 2. The Morgan fingerprint density at radius 2 is 1.90 bits per heavy atom. The third kappa shape index (κ3) is 3.65. The Hall–Kier alpha value is -3.28. The van der Waals surface area contributed by atoms with Gasteiger partial charge in [0.15, 0.2) is 0 Å². The van der Waals surface area contributed by atoms with E-state index in [0.717, 1.165) is 27.8 Å². The number of hydrogen-bond acceptors (Lipinski definition) is 3. The van der Waals surface area contributed by atoms with Crippen LogP contribution >= 0.6 is 0 Å². The highest BCUT2D eigenvalue weighted by atomic mass is 16.2. The molecule has 1 atom stereocenters. The van der Waals surface area contributed by atoms with Gasteiger partial charge in [-0.05, 0) is 55.7 Å². The molecular formula is C24H28N4O2. The molecule has 1 saturated heterocycles. The minimum absolute atomic E-state index is 0.0375. The van der Waals surface area contributed by atoms with Crippen molar-refractivity contribution in [1.82, 2.24) is 9.88 Å². The molecule has 6 nitrogen and oxygen atoms in total. The molecule has 1 fully saturated rings. The number of H-pyrrole nitrogens is 1. The highest BCUT2D eigenvalue weighted by Gasteiger charge is 2.47. The van der Waals surface area contributed by atoms with Gasteiger partial charge in [-0.3, -0.25) is 9.59 Å². The molecule has 0 bridgehead atoms. The van der Waals surface area contributed by atoms with Crippen molar-refractivity contribution < 1.29 is 9.59 Å². The van der Waals surface area contributed by atoms with Crippen LogP contribution in [-0.4, -0.2) is 47.9 Å². The van der Waals surface area contributed by atoms with Gasteiger partial charge in [-0.15, -0.1) is 0 Å². The molecule has 6 heteroatoms. The maximum atomic E-state index is 13.2. The summed E-state index contributed by atoms with van der Waals surface area (Å²) in [7, 11) is 3.95. The molecule has 2 aromatic carbocycles. The predicted octanol–water partition coefficient (Wildman–Crippen LogP) is 3.80. The quantitative estimate of drug-likeness (QED) is 0.657. The molecular weight excluding hydrogens is 376 g/mol. The van der Waals surface area contributed by atoms with Crippen molar-refractivity contribution in [2.75, 3.05) is 30.9 Å². The van der Waals surface area contributed by atoms with E-state index in [-0.39, 0.29) is 11.8 Å². The van der Waals surface area contributed by atoms with Gasteiger partial charge < -0.3 is 20.1 Å². The van der Waals surface area contributed by atoms with Crippen molar-refractivity contribution >= 4 is 34.1 Å². The number of carbonyl (C=O) groups excluding carboxylic acids is 2. The topological polar surface area (TPSA) is 68.4 Å². The van der Waals surface area contributed by atoms with Crippen molar-refractivity contribution in [2.45, 2.75) is 31.7 Å². The van der Waals surface area contributed by atoms with Crippen LogP contribution in [0.25, 0.3) is 10.9 Å². The zero-order valence-corrected chi connectivity index (χ0v) is 17.7. The standard InChI is InChI=1S/C24H28N4O2/c1-24(23(30)26-18-8-10-19(11-9-18)27(2)3)14-12-22(29)28(24)15-13-17-16-25-21-7-5-4-6-20(17)21/h4-11,16,25H,12-15H2,1-3H3,(H,26,30)/t24-/m1/s1. The summed E-state index contributed by atoms with van der Waals surface area (Å²) in [4.78, 5) is 32.8. The number of hydrogen-bond donors (Lipinski definition) is 2. The minimum Gasteiger partial charge on any atom is -0.378 e. The zero-order valence-electron chi connectivity index (χ0n) is 17.7. The lowest BCUT2D eigenvalue weighted by molar-refractivity contribution is -0.137. The van der Waals surface area contributed by atoms with Crippen LogP contribution in [0.2, 0.25) is 0 Å². The first-order valence-electron chi connectivity index (χ1n) is 10.3. The third-order valence-corrected chi connectivity index (χ3v) is 6.13. The van der Waals surface area contributed by atoms with Crippen LogP contribution in [0.15, 0.2) is 54.7 Å². The summed E-state index contributed by atoms with van der Waals surface area (Å²) in [6, 6.07) is 15.8. The van der Waals surface area contributed by atoms with Gasteiger partial charge in [0.2, 0.25) is 11.8 Å². The minimum atomic E-state index is -0.844. The van der Waals surface area contributed by atoms with E-state index in [4.69, 9.17) is 0 Å². The Labute approximate surface area is 176 Å². The Morgan fingerprint density at radius 3 is 2.63 bits per heavy atom. The van der Waals surface area contributed by atoms with E-state index >= 15 is 0 Å². The van der Waals surface area contributed by atoms with Gasteiger partial charge in [0.05, 0.1) is 0 Å². The van der Waals surface area contributed by atoms with Crippen LogP contribution in [-0.2, 0) is 16.0 Å². The van der Waals surface area contributed by atoms with Crippen molar-refractivity contribution in [1.29, 1.82) is 0 Å². The molecule has 156 valence electrons. The molecule has 4 rings (SSSR count). The Morgan fingerprint density at radius 1 is 1.17 bits per heavy atom. The van der Waals surface area contributed by atoms with Crippen LogP contribution in [0, 0.1) is 0 Å². The number of carbonyl (C=O) groups is 2. The van der Waals surface area contributed by atoms with Gasteiger partial charge in [0.25, 0.3) is 0 Å². The van der Waals surface area contributed by atoms with Crippen molar-refractivity contribution in [3.8, 4) is 0 Å². The van der Waals surface area contributed by atoms with Crippen LogP contribution in [0.4, 0.5) is 11.4 Å². The van der Waals surface area contributed by atoms with Gasteiger partial charge in [-0.25, -0.2) is 0 Å². The van der Waals surface area contributed by atoms with Crippen molar-refractivity contribution in [2.24, 2.45) is 0 Å². The SMILES string of the molecule is CN(C)c1ccc(NC(=O)[C@@]2(C)CCC(=O)N2CCc2c[nH]c3ccccc23)cc1. The van der Waals surface area contributed by atoms with Gasteiger partial charge in [0.1, 0.15) is 5.54 Å². The van der Waals surface area contributed by atoms with Gasteiger partial charge in [-0.1, -0.05) is 18.2 Å². The molecule has 0 radical (unpaired) electrons. The summed E-state index contributed by atoms with van der Waals surface area (Å²) in [5, 5.41) is 4.17. The molecule has 1 aliphatic rings. The molecule has 2 heterocycles. The maximum absolute atomic E-state index is 13.2. The Balaban J connectivity index is 1.48. The maximum Gasteiger partial charge on any atom is 0.250 e. The largest absolute Gasteiger partial charge is 0.378 e. The first-order chi connectivity index (χ1) is 14.4. The number of benzene rings is 2. The fourth-order valence-corrected chi connectivity index (χ4v) is 4.18. The van der Waals surface area contributed by atoms with Gasteiger partial charge >= 0.3 is 0 Å². The lowest BCUT2D eigenvalue weighted by atomic mass is 9.97. The number of fused-ring (bicyclic) bond motifs is 1. The second-order valence-corrected chi connectivity index (χ2v) is 8.32. The van der Waals surface area contributed by atoms with E-state index in [1.54, 1.807) is 4.90 Å². The monoisotopic (exact) mass is 404 g/mol. The molecule has 0 saturated carbocycles. The number of aromatic nitrogens is 1. The van der Waals surface area contributed by atoms with E-state index in [2.05, 4.69) is 16.4 Å². The van der Waals surface area contributed by atoms with E-state index < -0.39 is 5.54 Å². The highest BCUT2D eigenvalue weighted by Crippen LogP contribution is 2.32. The van der Waals surface area contributed by atoms with Crippen molar-refractivity contribution in [3.05, 3.63) is 60.3 Å². The molecule has 0 unspecified atom stereocenters. The Kier molecular flexibility index (Phi) is 5.24. The van der Waals surface area contributed by atoms with Crippen molar-refractivity contribution in [3.63, 3.8) is 0 Å². The first-order valence-corrected chi connectivity index (χ1v) is 10.3.